The Kier molecular flexibility index (Phi) is 4.39. The van der Waals surface area contributed by atoms with Gasteiger partial charge in [-0.2, -0.15) is 0 Å². The highest BCUT2D eigenvalue weighted by molar-refractivity contribution is 5.80. The van der Waals surface area contributed by atoms with E-state index in [2.05, 4.69) is 43.3 Å². The Morgan fingerprint density at radius 1 is 1.42 bits per heavy atom. The second-order valence-electron chi connectivity index (χ2n) is 6.89. The summed E-state index contributed by atoms with van der Waals surface area (Å²) in [7, 11) is 1.84. The number of fused-ring (bicyclic) bond motifs is 1. The molecule has 3 unspecified atom stereocenters. The predicted octanol–water partition coefficient (Wildman–Crippen LogP) is 2.01. The van der Waals surface area contributed by atoms with Crippen molar-refractivity contribution in [2.75, 3.05) is 20.2 Å². The van der Waals surface area contributed by atoms with Crippen molar-refractivity contribution in [2.24, 2.45) is 22.2 Å². The van der Waals surface area contributed by atoms with Gasteiger partial charge < -0.3 is 15.4 Å². The second-order valence-corrected chi connectivity index (χ2v) is 6.89. The minimum Gasteiger partial charge on any atom is -0.377 e. The van der Waals surface area contributed by atoms with Gasteiger partial charge in [0, 0.05) is 37.6 Å². The van der Waals surface area contributed by atoms with E-state index in [1.165, 1.54) is 12.8 Å². The van der Waals surface area contributed by atoms with E-state index < -0.39 is 0 Å². The van der Waals surface area contributed by atoms with E-state index in [1.54, 1.807) is 0 Å². The average Bonchev–Trinajstić information content (AvgIpc) is 2.38. The highest BCUT2D eigenvalue weighted by Crippen LogP contribution is 2.51. The van der Waals surface area contributed by atoms with Gasteiger partial charge in [0.2, 0.25) is 0 Å². The van der Waals surface area contributed by atoms with Crippen molar-refractivity contribution in [3.8, 4) is 0 Å². The van der Waals surface area contributed by atoms with E-state index in [4.69, 9.17) is 4.74 Å². The van der Waals surface area contributed by atoms with Crippen molar-refractivity contribution in [1.82, 2.24) is 10.6 Å². The summed E-state index contributed by atoms with van der Waals surface area (Å²) >= 11 is 0. The van der Waals surface area contributed by atoms with Gasteiger partial charge in [-0.3, -0.25) is 4.99 Å². The molecule has 2 fully saturated rings. The summed E-state index contributed by atoms with van der Waals surface area (Å²) in [5.74, 6) is 2.19. The minimum atomic E-state index is 0.195. The van der Waals surface area contributed by atoms with E-state index in [1.807, 2.05) is 7.05 Å². The van der Waals surface area contributed by atoms with Crippen molar-refractivity contribution in [1.29, 1.82) is 0 Å². The zero-order valence-electron chi connectivity index (χ0n) is 13.0. The van der Waals surface area contributed by atoms with E-state index >= 15 is 0 Å². The molecule has 2 aliphatic rings. The third-order valence-electron chi connectivity index (χ3n) is 4.52. The fraction of sp³-hybridized carbons (Fsp3) is 0.933. The fourth-order valence-corrected chi connectivity index (χ4v) is 3.46. The maximum atomic E-state index is 5.94. The van der Waals surface area contributed by atoms with Gasteiger partial charge in [0.1, 0.15) is 0 Å². The summed E-state index contributed by atoms with van der Waals surface area (Å²) in [5, 5.41) is 7.01. The molecule has 2 N–H and O–H groups in total. The molecule has 0 amide bonds. The maximum Gasteiger partial charge on any atom is 0.191 e. The van der Waals surface area contributed by atoms with E-state index in [9.17, 15) is 0 Å². The van der Waals surface area contributed by atoms with Crippen LogP contribution in [0.1, 0.15) is 40.5 Å². The van der Waals surface area contributed by atoms with Gasteiger partial charge in [-0.1, -0.05) is 27.7 Å². The Hall–Kier alpha value is -0.770. The summed E-state index contributed by atoms with van der Waals surface area (Å²) in [6, 6.07) is 0.469. The minimum absolute atomic E-state index is 0.195. The van der Waals surface area contributed by atoms with Crippen LogP contribution < -0.4 is 10.6 Å². The molecule has 0 spiro atoms. The average molecular weight is 267 g/mol. The fourth-order valence-electron chi connectivity index (χ4n) is 3.46. The highest BCUT2D eigenvalue weighted by Gasteiger charge is 2.58. The van der Waals surface area contributed by atoms with Crippen LogP contribution in [-0.2, 0) is 4.74 Å². The molecule has 110 valence electrons. The third kappa shape index (κ3) is 2.88. The molecule has 0 radical (unpaired) electrons. The lowest BCUT2D eigenvalue weighted by Crippen LogP contribution is -2.71. The molecule has 4 heteroatoms. The van der Waals surface area contributed by atoms with Crippen LogP contribution in [0.15, 0.2) is 4.99 Å². The molecule has 19 heavy (non-hydrogen) atoms. The Bertz CT molecular complexity index is 338. The number of nitrogens with one attached hydrogen (secondary N) is 2. The Labute approximate surface area is 117 Å². The van der Waals surface area contributed by atoms with Gasteiger partial charge in [-0.05, 0) is 18.8 Å². The Morgan fingerprint density at radius 3 is 2.79 bits per heavy atom. The molecule has 1 aliphatic heterocycles. The lowest BCUT2D eigenvalue weighted by Gasteiger charge is -2.60. The van der Waals surface area contributed by atoms with Crippen molar-refractivity contribution in [3.63, 3.8) is 0 Å². The number of hydrogen-bond acceptors (Lipinski definition) is 2. The van der Waals surface area contributed by atoms with Gasteiger partial charge in [0.25, 0.3) is 0 Å². The third-order valence-corrected chi connectivity index (χ3v) is 4.52. The van der Waals surface area contributed by atoms with Crippen LogP contribution in [0.4, 0.5) is 0 Å². The molecule has 0 aromatic carbocycles. The highest BCUT2D eigenvalue weighted by atomic mass is 16.5. The summed E-state index contributed by atoms with van der Waals surface area (Å²) in [6.45, 7) is 10.9. The van der Waals surface area contributed by atoms with Gasteiger partial charge in [0.15, 0.2) is 5.96 Å². The molecule has 1 saturated carbocycles. The van der Waals surface area contributed by atoms with Crippen molar-refractivity contribution < 1.29 is 4.74 Å². The first-order valence-corrected chi connectivity index (χ1v) is 7.55. The smallest absolute Gasteiger partial charge is 0.191 e. The Morgan fingerprint density at radius 2 is 2.16 bits per heavy atom. The normalized spacial score (nSPS) is 33.6. The quantitative estimate of drug-likeness (QED) is 0.607. The topological polar surface area (TPSA) is 45.7 Å². The largest absolute Gasteiger partial charge is 0.377 e. The van der Waals surface area contributed by atoms with Crippen LogP contribution in [0.2, 0.25) is 0 Å². The van der Waals surface area contributed by atoms with Crippen LogP contribution >= 0.6 is 0 Å². The van der Waals surface area contributed by atoms with Crippen LogP contribution in [0.5, 0.6) is 0 Å². The van der Waals surface area contributed by atoms with Gasteiger partial charge >= 0.3 is 0 Å². The zero-order valence-corrected chi connectivity index (χ0v) is 13.0. The summed E-state index contributed by atoms with van der Waals surface area (Å²) in [6.07, 6.45) is 2.88. The summed E-state index contributed by atoms with van der Waals surface area (Å²) < 4.78 is 5.94. The number of nitrogens with zero attached hydrogens (tertiary/aromatic N) is 1. The number of guanidine groups is 1. The zero-order chi connectivity index (χ0) is 14.0. The van der Waals surface area contributed by atoms with E-state index in [-0.39, 0.29) is 5.41 Å². The van der Waals surface area contributed by atoms with Crippen LogP contribution in [0, 0.1) is 17.3 Å². The molecule has 1 heterocycles. The first kappa shape index (κ1) is 14.6. The summed E-state index contributed by atoms with van der Waals surface area (Å²) in [4.78, 5) is 4.34. The van der Waals surface area contributed by atoms with Crippen molar-refractivity contribution in [2.45, 2.75) is 52.7 Å². The number of rotatable bonds is 3. The lowest BCUT2D eigenvalue weighted by molar-refractivity contribution is -0.188. The molecular formula is C15H29N3O. The summed E-state index contributed by atoms with van der Waals surface area (Å²) in [5.41, 5.74) is 0.195. The monoisotopic (exact) mass is 267 g/mol. The standard InChI is InChI=1S/C15H29N3O/c1-10(2)9-17-14(16-5)18-12-11-7-6-8-19-13(11)15(12,3)4/h10-13H,6-9H2,1-5H3,(H2,16,17,18). The number of hydrogen-bond donors (Lipinski definition) is 2. The van der Waals surface area contributed by atoms with Gasteiger partial charge in [0.05, 0.1) is 6.10 Å². The first-order valence-electron chi connectivity index (χ1n) is 7.55. The SMILES string of the molecule is CN=C(NCC(C)C)NC1C2CCCOC2C1(C)C. The second kappa shape index (κ2) is 5.70. The molecular weight excluding hydrogens is 238 g/mol. The van der Waals surface area contributed by atoms with Crippen molar-refractivity contribution >= 4 is 5.96 Å². The predicted molar refractivity (Wildman–Crippen MR) is 79.4 cm³/mol. The van der Waals surface area contributed by atoms with Crippen LogP contribution in [-0.4, -0.2) is 38.3 Å². The molecule has 1 aliphatic carbocycles. The van der Waals surface area contributed by atoms with Gasteiger partial charge in [-0.25, -0.2) is 0 Å². The molecule has 1 saturated heterocycles. The number of ether oxygens (including phenoxy) is 1. The van der Waals surface area contributed by atoms with Crippen LogP contribution in [0.25, 0.3) is 0 Å². The molecule has 0 aromatic rings. The Balaban J connectivity index is 1.94. The molecule has 0 bridgehead atoms. The number of aliphatic imine (C=N–C) groups is 1. The van der Waals surface area contributed by atoms with Crippen molar-refractivity contribution in [3.05, 3.63) is 0 Å². The van der Waals surface area contributed by atoms with E-state index in [0.717, 1.165) is 19.1 Å². The van der Waals surface area contributed by atoms with Gasteiger partial charge in [-0.15, -0.1) is 0 Å². The maximum absolute atomic E-state index is 5.94. The lowest BCUT2D eigenvalue weighted by atomic mass is 9.55. The van der Waals surface area contributed by atoms with E-state index in [0.29, 0.717) is 24.0 Å². The van der Waals surface area contributed by atoms with Crippen LogP contribution in [0.3, 0.4) is 0 Å². The molecule has 4 nitrogen and oxygen atoms in total. The molecule has 3 atom stereocenters. The molecule has 2 rings (SSSR count). The first-order chi connectivity index (χ1) is 8.96. The molecule has 0 aromatic heterocycles.